The number of primary amides is 1. The molecule has 1 amide bonds. The van der Waals surface area contributed by atoms with Gasteiger partial charge in [0.05, 0.1) is 10.6 Å². The van der Waals surface area contributed by atoms with Gasteiger partial charge in [-0.3, -0.25) is 9.52 Å². The first kappa shape index (κ1) is 18.9. The summed E-state index contributed by atoms with van der Waals surface area (Å²) in [6.45, 7) is 1.31. The molecule has 0 atom stereocenters. The molecule has 0 unspecified atom stereocenters. The number of carbonyl (C=O) groups is 1. The highest BCUT2D eigenvalue weighted by Crippen LogP contribution is 2.26. The van der Waals surface area contributed by atoms with E-state index in [1.807, 2.05) is 0 Å². The van der Waals surface area contributed by atoms with E-state index in [1.165, 1.54) is 19.1 Å². The number of sulfonamides is 1. The predicted octanol–water partition coefficient (Wildman–Crippen LogP) is 1.44. The van der Waals surface area contributed by atoms with Gasteiger partial charge in [-0.05, 0) is 31.2 Å². The van der Waals surface area contributed by atoms with E-state index in [2.05, 4.69) is 4.72 Å². The Hall–Kier alpha value is -2.46. The van der Waals surface area contributed by atoms with Gasteiger partial charge in [-0.15, -0.1) is 0 Å². The molecule has 2 aromatic rings. The number of sulfone groups is 1. The summed E-state index contributed by atoms with van der Waals surface area (Å²) in [5, 5.41) is 0. The summed E-state index contributed by atoms with van der Waals surface area (Å²) in [7, 11) is -8.17. The lowest BCUT2D eigenvalue weighted by molar-refractivity contribution is 0.1000. The number of hydrogen-bond acceptors (Lipinski definition) is 5. The number of hydrogen-bond donors (Lipinski definition) is 2. The molecule has 0 aromatic heterocycles. The first-order valence-corrected chi connectivity index (χ1v) is 10.2. The van der Waals surface area contributed by atoms with E-state index in [9.17, 15) is 26.0 Å². The smallest absolute Gasteiger partial charge is 0.263 e. The molecule has 10 heteroatoms. The Morgan fingerprint density at radius 2 is 1.64 bits per heavy atom. The van der Waals surface area contributed by atoms with Crippen LogP contribution in [0.25, 0.3) is 0 Å². The zero-order chi connectivity index (χ0) is 19.0. The molecule has 2 rings (SSSR count). The highest BCUT2D eigenvalue weighted by Gasteiger charge is 2.25. The second kappa shape index (κ2) is 6.45. The first-order valence-electron chi connectivity index (χ1n) is 6.85. The molecule has 0 spiro atoms. The van der Waals surface area contributed by atoms with Crippen LogP contribution in [0.5, 0.6) is 0 Å². The second-order valence-corrected chi connectivity index (χ2v) is 8.95. The first-order chi connectivity index (χ1) is 11.4. The molecular formula is C15H15FN2O5S2. The molecule has 134 valence electrons. The summed E-state index contributed by atoms with van der Waals surface area (Å²) in [4.78, 5) is 10.4. The molecular weight excluding hydrogens is 371 g/mol. The summed E-state index contributed by atoms with van der Waals surface area (Å²) < 4.78 is 64.8. The summed E-state index contributed by atoms with van der Waals surface area (Å²) in [6, 6.07) is 6.98. The molecule has 0 saturated carbocycles. The fraction of sp³-hybridized carbons (Fsp3) is 0.133. The lowest BCUT2D eigenvalue weighted by Crippen LogP contribution is -2.18. The third kappa shape index (κ3) is 3.97. The number of halogens is 1. The minimum Gasteiger partial charge on any atom is -0.366 e. The monoisotopic (exact) mass is 386 g/mol. The number of carbonyl (C=O) groups excluding carboxylic acids is 1. The van der Waals surface area contributed by atoms with Gasteiger partial charge < -0.3 is 5.73 Å². The largest absolute Gasteiger partial charge is 0.366 e. The Kier molecular flexibility index (Phi) is 4.87. The van der Waals surface area contributed by atoms with E-state index >= 15 is 0 Å². The van der Waals surface area contributed by atoms with E-state index in [-0.39, 0.29) is 16.8 Å². The van der Waals surface area contributed by atoms with Gasteiger partial charge in [-0.1, -0.05) is 12.1 Å². The Morgan fingerprint density at radius 1 is 1.08 bits per heavy atom. The summed E-state index contributed by atoms with van der Waals surface area (Å²) in [6.07, 6.45) is 0.875. The van der Waals surface area contributed by atoms with Crippen LogP contribution in [0.2, 0.25) is 0 Å². The van der Waals surface area contributed by atoms with Crippen molar-refractivity contribution in [3.63, 3.8) is 0 Å². The predicted molar refractivity (Wildman–Crippen MR) is 90.0 cm³/mol. The molecule has 7 nitrogen and oxygen atoms in total. The van der Waals surface area contributed by atoms with Crippen LogP contribution in [0.1, 0.15) is 15.9 Å². The van der Waals surface area contributed by atoms with Crippen LogP contribution >= 0.6 is 0 Å². The van der Waals surface area contributed by atoms with Gasteiger partial charge in [0, 0.05) is 17.4 Å². The van der Waals surface area contributed by atoms with Crippen LogP contribution in [0, 0.1) is 12.7 Å². The van der Waals surface area contributed by atoms with Gasteiger partial charge in [-0.25, -0.2) is 21.2 Å². The van der Waals surface area contributed by atoms with Crippen molar-refractivity contribution < 1.29 is 26.0 Å². The molecule has 0 heterocycles. The molecule has 0 aliphatic rings. The Bertz CT molecular complexity index is 1060. The minimum atomic E-state index is -4.36. The summed E-state index contributed by atoms with van der Waals surface area (Å²) >= 11 is 0. The van der Waals surface area contributed by atoms with Crippen LogP contribution < -0.4 is 10.5 Å². The number of nitrogens with two attached hydrogens (primary N) is 1. The van der Waals surface area contributed by atoms with Crippen LogP contribution in [0.15, 0.2) is 46.2 Å². The zero-order valence-corrected chi connectivity index (χ0v) is 14.9. The third-order valence-corrected chi connectivity index (χ3v) is 6.12. The van der Waals surface area contributed by atoms with Crippen molar-refractivity contribution in [3.8, 4) is 0 Å². The number of nitrogens with one attached hydrogen (secondary N) is 1. The fourth-order valence-corrected chi connectivity index (χ4v) is 4.85. The number of anilines is 1. The van der Waals surface area contributed by atoms with Crippen LogP contribution in [0.4, 0.5) is 10.1 Å². The van der Waals surface area contributed by atoms with E-state index in [0.29, 0.717) is 0 Å². The molecule has 25 heavy (non-hydrogen) atoms. The van der Waals surface area contributed by atoms with Crippen molar-refractivity contribution in [1.82, 2.24) is 0 Å². The Morgan fingerprint density at radius 3 is 2.16 bits per heavy atom. The van der Waals surface area contributed by atoms with Crippen molar-refractivity contribution in [2.24, 2.45) is 5.73 Å². The maximum Gasteiger partial charge on any atom is 0.263 e. The lowest BCUT2D eigenvalue weighted by atomic mass is 10.1. The van der Waals surface area contributed by atoms with Crippen LogP contribution in [-0.4, -0.2) is 29.0 Å². The molecule has 0 radical (unpaired) electrons. The number of rotatable bonds is 5. The van der Waals surface area contributed by atoms with Gasteiger partial charge in [0.25, 0.3) is 10.0 Å². The highest BCUT2D eigenvalue weighted by molar-refractivity contribution is 7.95. The quantitative estimate of drug-likeness (QED) is 0.805. The standard InChI is InChI=1S/C15H15FN2O5S2/c1-9-11(16)7-10(15(17)19)8-12(9)18-25(22,23)14-6-4-3-5-13(14)24(2,20)21/h3-8,18H,1-2H3,(H2,17,19). The maximum atomic E-state index is 13.9. The van der Waals surface area contributed by atoms with Crippen molar-refractivity contribution in [2.45, 2.75) is 16.7 Å². The minimum absolute atomic E-state index is 0.0644. The number of benzene rings is 2. The van der Waals surface area contributed by atoms with Gasteiger partial charge in [0.15, 0.2) is 9.84 Å². The van der Waals surface area contributed by atoms with Crippen LogP contribution in [0.3, 0.4) is 0 Å². The Labute approximate surface area is 144 Å². The third-order valence-electron chi connectivity index (χ3n) is 3.41. The van der Waals surface area contributed by atoms with E-state index < -0.39 is 41.4 Å². The molecule has 0 saturated heterocycles. The molecule has 0 aliphatic carbocycles. The van der Waals surface area contributed by atoms with Crippen molar-refractivity contribution in [2.75, 3.05) is 11.0 Å². The highest BCUT2D eigenvalue weighted by atomic mass is 32.2. The van der Waals surface area contributed by atoms with E-state index in [4.69, 9.17) is 5.73 Å². The SMILES string of the molecule is Cc1c(F)cc(C(N)=O)cc1NS(=O)(=O)c1ccccc1S(C)(=O)=O. The zero-order valence-electron chi connectivity index (χ0n) is 13.3. The maximum absolute atomic E-state index is 13.9. The van der Waals surface area contributed by atoms with Crippen molar-refractivity contribution in [3.05, 3.63) is 53.3 Å². The van der Waals surface area contributed by atoms with E-state index in [1.54, 1.807) is 0 Å². The summed E-state index contributed by atoms with van der Waals surface area (Å²) in [5.74, 6) is -1.76. The van der Waals surface area contributed by atoms with E-state index in [0.717, 1.165) is 30.5 Å². The lowest BCUT2D eigenvalue weighted by Gasteiger charge is -2.14. The molecule has 0 bridgehead atoms. The van der Waals surface area contributed by atoms with Gasteiger partial charge in [0.1, 0.15) is 10.7 Å². The normalized spacial score (nSPS) is 12.0. The van der Waals surface area contributed by atoms with Crippen molar-refractivity contribution >= 4 is 31.5 Å². The van der Waals surface area contributed by atoms with Crippen molar-refractivity contribution in [1.29, 1.82) is 0 Å². The van der Waals surface area contributed by atoms with Crippen LogP contribution in [-0.2, 0) is 19.9 Å². The average molecular weight is 386 g/mol. The Balaban J connectivity index is 2.61. The molecule has 2 aromatic carbocycles. The van der Waals surface area contributed by atoms with Gasteiger partial charge >= 0.3 is 0 Å². The molecule has 0 aliphatic heterocycles. The molecule has 0 fully saturated rings. The average Bonchev–Trinajstić information content (AvgIpc) is 2.50. The number of amides is 1. The van der Waals surface area contributed by atoms with Gasteiger partial charge in [-0.2, -0.15) is 0 Å². The van der Waals surface area contributed by atoms with Gasteiger partial charge in [0.2, 0.25) is 5.91 Å². The fourth-order valence-electron chi connectivity index (χ4n) is 2.11. The summed E-state index contributed by atoms with van der Waals surface area (Å²) in [5.41, 5.74) is 4.60. The topological polar surface area (TPSA) is 123 Å². The second-order valence-electron chi connectivity index (χ2n) is 5.32. The molecule has 3 N–H and O–H groups in total.